The molecule has 0 nitrogen and oxygen atoms in total. The number of hydrogen-bond acceptors (Lipinski definition) is 1. The summed E-state index contributed by atoms with van der Waals surface area (Å²) in [5, 5.41) is 8.28. The van der Waals surface area contributed by atoms with E-state index in [4.69, 9.17) is 0 Å². The van der Waals surface area contributed by atoms with Crippen molar-refractivity contribution in [1.29, 1.82) is 0 Å². The highest BCUT2D eigenvalue weighted by molar-refractivity contribution is 7.27. The minimum atomic E-state index is -2.16. The zero-order valence-electron chi connectivity index (χ0n) is 13.1. The average Bonchev–Trinajstić information content (AvgIpc) is 3.24. The van der Waals surface area contributed by atoms with Gasteiger partial charge >= 0.3 is 0 Å². The van der Waals surface area contributed by atoms with E-state index in [-0.39, 0.29) is 0 Å². The van der Waals surface area contributed by atoms with Crippen molar-refractivity contribution >= 4 is 40.2 Å². The molecule has 4 aromatic rings. The zero-order chi connectivity index (χ0) is 16.0. The highest BCUT2D eigenvalue weighted by atomic mass is 32.1. The minimum Gasteiger partial charge on any atom is -0.144 e. The number of benzene rings is 3. The van der Waals surface area contributed by atoms with Crippen LogP contribution in [0.5, 0.6) is 0 Å². The van der Waals surface area contributed by atoms with Gasteiger partial charge in [-0.15, -0.1) is 11.3 Å². The van der Waals surface area contributed by atoms with Gasteiger partial charge in [0.25, 0.3) is 0 Å². The van der Waals surface area contributed by atoms with E-state index in [9.17, 15) is 0 Å². The lowest BCUT2D eigenvalue weighted by molar-refractivity contribution is 1.70. The average molecular weight is 341 g/mol. The molecule has 0 saturated carbocycles. The summed E-state index contributed by atoms with van der Waals surface area (Å²) in [4.78, 5) is 1.46. The Morgan fingerprint density at radius 1 is 0.542 bits per heavy atom. The van der Waals surface area contributed by atoms with Gasteiger partial charge in [0.05, 0.1) is 0 Å². The molecule has 5 rings (SSSR count). The van der Waals surface area contributed by atoms with Crippen LogP contribution in [0.2, 0.25) is 0 Å². The Bertz CT molecular complexity index is 963. The van der Waals surface area contributed by atoms with E-state index in [0.717, 1.165) is 0 Å². The fourth-order valence-electron chi connectivity index (χ4n) is 4.13. The Hall–Kier alpha value is -2.42. The largest absolute Gasteiger partial charge is 0.181 e. The summed E-state index contributed by atoms with van der Waals surface area (Å²) >= 11 is 1.88. The summed E-state index contributed by atoms with van der Waals surface area (Å²) in [7, 11) is -2.16. The molecule has 3 aromatic carbocycles. The lowest BCUT2D eigenvalue weighted by atomic mass is 10.2. The Balaban J connectivity index is 1.97. The summed E-state index contributed by atoms with van der Waals surface area (Å²) in [6.45, 7) is 0. The van der Waals surface area contributed by atoms with Crippen LogP contribution in [0, 0.1) is 0 Å². The third-order valence-corrected chi connectivity index (χ3v) is 11.1. The van der Waals surface area contributed by atoms with Crippen LogP contribution in [0.1, 0.15) is 0 Å². The fraction of sp³-hybridized carbons (Fsp3) is 0. The van der Waals surface area contributed by atoms with Gasteiger partial charge in [-0.3, -0.25) is 0 Å². The first kappa shape index (κ1) is 14.0. The van der Waals surface area contributed by atoms with E-state index in [0.29, 0.717) is 0 Å². The molecular formula is C22H16SSi. The van der Waals surface area contributed by atoms with Crippen molar-refractivity contribution in [2.24, 2.45) is 0 Å². The Morgan fingerprint density at radius 2 is 1.12 bits per heavy atom. The van der Waals surface area contributed by atoms with Crippen LogP contribution in [0.15, 0.2) is 96.4 Å². The molecule has 1 aliphatic rings. The van der Waals surface area contributed by atoms with Crippen molar-refractivity contribution in [3.05, 3.63) is 96.4 Å². The van der Waals surface area contributed by atoms with Gasteiger partial charge in [-0.25, -0.2) is 0 Å². The van der Waals surface area contributed by atoms with Crippen LogP contribution in [0.25, 0.3) is 10.4 Å². The second kappa shape index (κ2) is 5.30. The predicted octanol–water partition coefficient (Wildman–Crippen LogP) is 3.11. The maximum absolute atomic E-state index is 2.37. The molecule has 2 heteroatoms. The van der Waals surface area contributed by atoms with Gasteiger partial charge in [-0.2, -0.15) is 0 Å². The van der Waals surface area contributed by atoms with Crippen molar-refractivity contribution in [1.82, 2.24) is 0 Å². The molecule has 0 amide bonds. The molecule has 24 heavy (non-hydrogen) atoms. The van der Waals surface area contributed by atoms with E-state index in [1.807, 2.05) is 11.3 Å². The van der Waals surface area contributed by atoms with Crippen molar-refractivity contribution in [2.75, 3.05) is 0 Å². The summed E-state index contributed by atoms with van der Waals surface area (Å²) in [5.74, 6) is 0. The zero-order valence-corrected chi connectivity index (χ0v) is 15.0. The van der Waals surface area contributed by atoms with Gasteiger partial charge in [-0.05, 0) is 31.7 Å². The molecule has 0 N–H and O–H groups in total. The lowest BCUT2D eigenvalue weighted by Gasteiger charge is -2.30. The summed E-state index contributed by atoms with van der Waals surface area (Å²) < 4.78 is 0. The van der Waals surface area contributed by atoms with Gasteiger partial charge in [0.15, 0.2) is 8.07 Å². The van der Waals surface area contributed by atoms with Crippen LogP contribution in [-0.4, -0.2) is 8.07 Å². The molecule has 0 bridgehead atoms. The van der Waals surface area contributed by atoms with E-state index < -0.39 is 8.07 Å². The van der Waals surface area contributed by atoms with Crippen LogP contribution < -0.4 is 20.7 Å². The van der Waals surface area contributed by atoms with Gasteiger partial charge in [0.2, 0.25) is 0 Å². The standard InChI is InChI=1S/C22H16SSi/c1-3-9-17(10-4-1)24(18-11-5-2-6-12-18)20-14-8-7-13-19(20)22-21(24)15-16-23-22/h1-16H. The van der Waals surface area contributed by atoms with Crippen LogP contribution >= 0.6 is 11.3 Å². The molecular weight excluding hydrogens is 324 g/mol. The van der Waals surface area contributed by atoms with Gasteiger partial charge in [-0.1, -0.05) is 91.0 Å². The molecule has 0 radical (unpaired) electrons. The maximum Gasteiger partial charge on any atom is 0.181 e. The highest BCUT2D eigenvalue weighted by Crippen LogP contribution is 2.31. The SMILES string of the molecule is c1ccc([Si]2(c3ccccc3)c3ccccc3-c3sccc32)cc1. The van der Waals surface area contributed by atoms with Crippen molar-refractivity contribution in [3.8, 4) is 10.4 Å². The quantitative estimate of drug-likeness (QED) is 0.433. The van der Waals surface area contributed by atoms with Crippen molar-refractivity contribution in [2.45, 2.75) is 0 Å². The minimum absolute atomic E-state index is 1.43. The Morgan fingerprint density at radius 3 is 1.79 bits per heavy atom. The molecule has 0 saturated heterocycles. The highest BCUT2D eigenvalue weighted by Gasteiger charge is 2.48. The monoisotopic (exact) mass is 340 g/mol. The van der Waals surface area contributed by atoms with Crippen LogP contribution in [-0.2, 0) is 0 Å². The Kier molecular flexibility index (Phi) is 3.08. The predicted molar refractivity (Wildman–Crippen MR) is 107 cm³/mol. The summed E-state index contributed by atoms with van der Waals surface area (Å²) in [6, 6.07) is 33.6. The third kappa shape index (κ3) is 1.73. The summed E-state index contributed by atoms with van der Waals surface area (Å²) in [5.41, 5.74) is 1.43. The second-order valence-electron chi connectivity index (χ2n) is 6.19. The fourth-order valence-corrected chi connectivity index (χ4v) is 10.8. The number of fused-ring (bicyclic) bond motifs is 3. The molecule has 0 atom stereocenters. The molecule has 2 heterocycles. The Labute approximate surface area is 147 Å². The first-order valence-electron chi connectivity index (χ1n) is 8.21. The van der Waals surface area contributed by atoms with Gasteiger partial charge in [0, 0.05) is 4.88 Å². The van der Waals surface area contributed by atoms with Crippen LogP contribution in [0.3, 0.4) is 0 Å². The van der Waals surface area contributed by atoms with Gasteiger partial charge in [0.1, 0.15) is 0 Å². The number of thiophene rings is 1. The second-order valence-corrected chi connectivity index (χ2v) is 10.8. The smallest absolute Gasteiger partial charge is 0.144 e. The molecule has 0 aliphatic carbocycles. The molecule has 114 valence electrons. The molecule has 0 fully saturated rings. The van der Waals surface area contributed by atoms with Gasteiger partial charge < -0.3 is 0 Å². The molecule has 0 spiro atoms. The first-order valence-corrected chi connectivity index (χ1v) is 11.1. The molecule has 0 unspecified atom stereocenters. The van der Waals surface area contributed by atoms with E-state index in [2.05, 4.69) is 96.4 Å². The molecule has 1 aliphatic heterocycles. The van der Waals surface area contributed by atoms with Crippen molar-refractivity contribution in [3.63, 3.8) is 0 Å². The maximum atomic E-state index is 2.37. The van der Waals surface area contributed by atoms with E-state index in [1.54, 1.807) is 5.19 Å². The summed E-state index contributed by atoms with van der Waals surface area (Å²) in [6.07, 6.45) is 0. The normalized spacial score (nSPS) is 14.2. The number of hydrogen-bond donors (Lipinski definition) is 0. The topological polar surface area (TPSA) is 0 Å². The first-order chi connectivity index (χ1) is 11.9. The van der Waals surface area contributed by atoms with E-state index in [1.165, 1.54) is 26.0 Å². The van der Waals surface area contributed by atoms with Crippen molar-refractivity contribution < 1.29 is 0 Å². The number of rotatable bonds is 2. The third-order valence-electron chi connectivity index (χ3n) is 5.06. The van der Waals surface area contributed by atoms with Crippen LogP contribution in [0.4, 0.5) is 0 Å². The van der Waals surface area contributed by atoms with E-state index >= 15 is 0 Å². The lowest BCUT2D eigenvalue weighted by Crippen LogP contribution is -2.72. The molecule has 1 aromatic heterocycles.